The molecule has 92 valence electrons. The van der Waals surface area contributed by atoms with Crippen molar-refractivity contribution >= 4 is 11.8 Å². The fourth-order valence-electron chi connectivity index (χ4n) is 2.03. The second kappa shape index (κ2) is 5.61. The molecule has 2 rings (SSSR count). The van der Waals surface area contributed by atoms with Gasteiger partial charge in [-0.25, -0.2) is 14.8 Å². The van der Waals surface area contributed by atoms with Crippen LogP contribution in [0.3, 0.4) is 0 Å². The molecule has 0 unspecified atom stereocenters. The van der Waals surface area contributed by atoms with Gasteiger partial charge in [-0.1, -0.05) is 12.8 Å². The molecular weight excluding hydrogens is 218 g/mol. The minimum absolute atomic E-state index is 0.308. The molecule has 0 atom stereocenters. The van der Waals surface area contributed by atoms with Gasteiger partial charge in [-0.05, 0) is 19.8 Å². The van der Waals surface area contributed by atoms with E-state index in [9.17, 15) is 4.79 Å². The van der Waals surface area contributed by atoms with Crippen LogP contribution in [0.25, 0.3) is 0 Å². The van der Waals surface area contributed by atoms with Crippen molar-refractivity contribution in [2.45, 2.75) is 38.6 Å². The van der Waals surface area contributed by atoms with Gasteiger partial charge in [-0.15, -0.1) is 0 Å². The first-order valence-electron chi connectivity index (χ1n) is 6.05. The van der Waals surface area contributed by atoms with Crippen LogP contribution >= 0.6 is 0 Å². The Bertz CT molecular complexity index is 389. The van der Waals surface area contributed by atoms with E-state index in [0.29, 0.717) is 24.2 Å². The Kier molecular flexibility index (Phi) is 3.90. The summed E-state index contributed by atoms with van der Waals surface area (Å²) in [4.78, 5) is 19.5. The van der Waals surface area contributed by atoms with Gasteiger partial charge in [0.25, 0.3) is 0 Å². The SMILES string of the molecule is CCOC(=O)c1cc(NC2CCCC2)ncn1. The first-order chi connectivity index (χ1) is 8.29. The molecule has 5 heteroatoms. The number of nitrogens with zero attached hydrogens (tertiary/aromatic N) is 2. The highest BCUT2D eigenvalue weighted by Crippen LogP contribution is 2.21. The van der Waals surface area contributed by atoms with Gasteiger partial charge in [0.05, 0.1) is 6.61 Å². The average molecular weight is 235 g/mol. The summed E-state index contributed by atoms with van der Waals surface area (Å²) in [6.45, 7) is 2.13. The molecule has 0 radical (unpaired) electrons. The largest absolute Gasteiger partial charge is 0.461 e. The molecule has 1 heterocycles. The van der Waals surface area contributed by atoms with E-state index in [1.807, 2.05) is 0 Å². The lowest BCUT2D eigenvalue weighted by Crippen LogP contribution is -2.16. The summed E-state index contributed by atoms with van der Waals surface area (Å²) in [5.74, 6) is 0.305. The van der Waals surface area contributed by atoms with Gasteiger partial charge >= 0.3 is 5.97 Å². The summed E-state index contributed by atoms with van der Waals surface area (Å²) in [6.07, 6.45) is 6.24. The van der Waals surface area contributed by atoms with Crippen molar-refractivity contribution in [3.05, 3.63) is 18.1 Å². The van der Waals surface area contributed by atoms with E-state index in [1.165, 1.54) is 32.0 Å². The molecule has 5 nitrogen and oxygen atoms in total. The third-order valence-electron chi connectivity index (χ3n) is 2.86. The Morgan fingerprint density at radius 2 is 2.24 bits per heavy atom. The molecule has 0 amide bonds. The monoisotopic (exact) mass is 235 g/mol. The highest BCUT2D eigenvalue weighted by molar-refractivity contribution is 5.87. The van der Waals surface area contributed by atoms with Gasteiger partial charge in [-0.2, -0.15) is 0 Å². The molecule has 0 aromatic carbocycles. The normalized spacial score (nSPS) is 15.8. The van der Waals surface area contributed by atoms with Gasteiger partial charge in [0.1, 0.15) is 12.1 Å². The van der Waals surface area contributed by atoms with E-state index in [1.54, 1.807) is 13.0 Å². The van der Waals surface area contributed by atoms with Crippen LogP contribution in [-0.4, -0.2) is 28.6 Å². The molecule has 1 fully saturated rings. The number of hydrogen-bond donors (Lipinski definition) is 1. The quantitative estimate of drug-likeness (QED) is 0.809. The number of esters is 1. The molecule has 0 spiro atoms. The van der Waals surface area contributed by atoms with Gasteiger partial charge in [0.2, 0.25) is 0 Å². The average Bonchev–Trinajstić information content (AvgIpc) is 2.82. The summed E-state index contributed by atoms with van der Waals surface area (Å²) < 4.78 is 4.90. The highest BCUT2D eigenvalue weighted by Gasteiger charge is 2.16. The maximum atomic E-state index is 11.5. The van der Waals surface area contributed by atoms with Crippen LogP contribution in [0.2, 0.25) is 0 Å². The van der Waals surface area contributed by atoms with Gasteiger partial charge in [-0.3, -0.25) is 0 Å². The Morgan fingerprint density at radius 1 is 1.47 bits per heavy atom. The number of carbonyl (C=O) groups excluding carboxylic acids is 1. The molecule has 1 aromatic heterocycles. The number of rotatable bonds is 4. The topological polar surface area (TPSA) is 64.1 Å². The summed E-state index contributed by atoms with van der Waals surface area (Å²) in [7, 11) is 0. The van der Waals surface area contributed by atoms with Crippen molar-refractivity contribution in [2.75, 3.05) is 11.9 Å². The first-order valence-corrected chi connectivity index (χ1v) is 6.05. The van der Waals surface area contributed by atoms with Gasteiger partial charge in [0, 0.05) is 12.1 Å². The number of hydrogen-bond acceptors (Lipinski definition) is 5. The second-order valence-electron chi connectivity index (χ2n) is 4.13. The van der Waals surface area contributed by atoms with E-state index in [2.05, 4.69) is 15.3 Å². The van der Waals surface area contributed by atoms with Crippen LogP contribution in [0.5, 0.6) is 0 Å². The van der Waals surface area contributed by atoms with Crippen LogP contribution in [0, 0.1) is 0 Å². The summed E-state index contributed by atoms with van der Waals surface area (Å²) >= 11 is 0. The van der Waals surface area contributed by atoms with Gasteiger partial charge < -0.3 is 10.1 Å². The Labute approximate surface area is 101 Å². The van der Waals surface area contributed by atoms with Crippen molar-refractivity contribution in [3.63, 3.8) is 0 Å². The zero-order valence-corrected chi connectivity index (χ0v) is 9.98. The van der Waals surface area contributed by atoms with Crippen LogP contribution < -0.4 is 5.32 Å². The second-order valence-corrected chi connectivity index (χ2v) is 4.13. The Balaban J connectivity index is 2.02. The fourth-order valence-corrected chi connectivity index (χ4v) is 2.03. The number of carbonyl (C=O) groups is 1. The number of nitrogens with one attached hydrogen (secondary N) is 1. The fraction of sp³-hybridized carbons (Fsp3) is 0.583. The van der Waals surface area contributed by atoms with Crippen molar-refractivity contribution in [1.82, 2.24) is 9.97 Å². The number of aromatic nitrogens is 2. The molecule has 1 saturated carbocycles. The zero-order valence-electron chi connectivity index (χ0n) is 9.98. The number of ether oxygens (including phenoxy) is 1. The summed E-state index contributed by atoms with van der Waals surface area (Å²) in [5, 5.41) is 3.32. The summed E-state index contributed by atoms with van der Waals surface area (Å²) in [6, 6.07) is 2.12. The standard InChI is InChI=1S/C12H17N3O2/c1-2-17-12(16)10-7-11(14-8-13-10)15-9-5-3-4-6-9/h7-9H,2-6H2,1H3,(H,13,14,15). The van der Waals surface area contributed by atoms with E-state index in [-0.39, 0.29) is 0 Å². The minimum Gasteiger partial charge on any atom is -0.461 e. The molecule has 0 aliphatic heterocycles. The highest BCUT2D eigenvalue weighted by atomic mass is 16.5. The van der Waals surface area contributed by atoms with Crippen LogP contribution in [0.1, 0.15) is 43.1 Å². The molecule has 1 N–H and O–H groups in total. The number of anilines is 1. The Morgan fingerprint density at radius 3 is 2.94 bits per heavy atom. The lowest BCUT2D eigenvalue weighted by molar-refractivity contribution is 0.0519. The lowest BCUT2D eigenvalue weighted by Gasteiger charge is -2.12. The molecule has 1 aliphatic carbocycles. The summed E-state index contributed by atoms with van der Waals surface area (Å²) in [5.41, 5.74) is 0.308. The van der Waals surface area contributed by atoms with E-state index in [0.717, 1.165) is 0 Å². The van der Waals surface area contributed by atoms with Crippen molar-refractivity contribution in [3.8, 4) is 0 Å². The minimum atomic E-state index is -0.399. The van der Waals surface area contributed by atoms with Crippen molar-refractivity contribution in [2.24, 2.45) is 0 Å². The Hall–Kier alpha value is -1.65. The smallest absolute Gasteiger partial charge is 0.357 e. The van der Waals surface area contributed by atoms with E-state index >= 15 is 0 Å². The van der Waals surface area contributed by atoms with Crippen LogP contribution in [0.15, 0.2) is 12.4 Å². The first kappa shape index (κ1) is 11.8. The van der Waals surface area contributed by atoms with Gasteiger partial charge in [0.15, 0.2) is 5.69 Å². The van der Waals surface area contributed by atoms with E-state index in [4.69, 9.17) is 4.74 Å². The third kappa shape index (κ3) is 3.15. The molecule has 17 heavy (non-hydrogen) atoms. The molecule has 1 aromatic rings. The van der Waals surface area contributed by atoms with Crippen molar-refractivity contribution < 1.29 is 9.53 Å². The molecule has 1 aliphatic rings. The van der Waals surface area contributed by atoms with Crippen molar-refractivity contribution in [1.29, 1.82) is 0 Å². The maximum Gasteiger partial charge on any atom is 0.357 e. The predicted octanol–water partition coefficient (Wildman–Crippen LogP) is 2.01. The van der Waals surface area contributed by atoms with Crippen LogP contribution in [-0.2, 0) is 4.74 Å². The lowest BCUT2D eigenvalue weighted by atomic mass is 10.2. The molecular formula is C12H17N3O2. The third-order valence-corrected chi connectivity index (χ3v) is 2.86. The predicted molar refractivity (Wildman–Crippen MR) is 63.9 cm³/mol. The molecule has 0 bridgehead atoms. The maximum absolute atomic E-state index is 11.5. The van der Waals surface area contributed by atoms with E-state index < -0.39 is 5.97 Å². The van der Waals surface area contributed by atoms with Crippen LogP contribution in [0.4, 0.5) is 5.82 Å². The zero-order chi connectivity index (χ0) is 12.1. The molecule has 0 saturated heterocycles.